The summed E-state index contributed by atoms with van der Waals surface area (Å²) in [5.74, 6) is -22.6. The molecule has 0 aromatic rings. The molecule has 0 aliphatic carbocycles. The van der Waals surface area contributed by atoms with Crippen molar-refractivity contribution in [1.82, 2.24) is 0 Å². The van der Waals surface area contributed by atoms with E-state index in [1.807, 2.05) is 0 Å². The highest BCUT2D eigenvalue weighted by atomic mass is 19.4. The smallest absolute Gasteiger partial charge is 0.387 e. The van der Waals surface area contributed by atoms with Crippen LogP contribution in [0.25, 0.3) is 0 Å². The van der Waals surface area contributed by atoms with E-state index in [4.69, 9.17) is 9.47 Å². The van der Waals surface area contributed by atoms with Crippen molar-refractivity contribution in [3.05, 3.63) is 0 Å². The number of aliphatic hydroxyl groups excluding tert-OH is 1. The number of aliphatic hydroxyl groups is 1. The van der Waals surface area contributed by atoms with E-state index in [0.29, 0.717) is 0 Å². The average Bonchev–Trinajstić information content (AvgIpc) is 2.40. The lowest BCUT2D eigenvalue weighted by Gasteiger charge is -2.44. The molecular weight excluding hydrogens is 363 g/mol. The first kappa shape index (κ1) is 21.3. The molecule has 3 nitrogen and oxygen atoms in total. The first-order chi connectivity index (χ1) is 10.6. The molecule has 1 heterocycles. The van der Waals surface area contributed by atoms with Crippen LogP contribution in [0.1, 0.15) is 20.3 Å². The van der Waals surface area contributed by atoms with E-state index in [1.54, 1.807) is 0 Å². The Kier molecular flexibility index (Phi) is 5.79. The molecule has 1 fully saturated rings. The molecule has 0 saturated carbocycles. The van der Waals surface area contributed by atoms with Crippen LogP contribution >= 0.6 is 0 Å². The summed E-state index contributed by atoms with van der Waals surface area (Å²) in [6.07, 6.45) is -13.6. The minimum atomic E-state index is -6.99. The molecule has 1 N–H and O–H groups in total. The molecule has 1 saturated heterocycles. The molecule has 0 aromatic heterocycles. The van der Waals surface area contributed by atoms with Gasteiger partial charge < -0.3 is 14.6 Å². The summed E-state index contributed by atoms with van der Waals surface area (Å²) < 4.78 is 127. The average molecular weight is 378 g/mol. The van der Waals surface area contributed by atoms with Gasteiger partial charge in [-0.05, 0) is 20.3 Å². The minimum absolute atomic E-state index is 0.207. The number of rotatable bonds is 5. The second-order valence-electron chi connectivity index (χ2n) is 5.37. The molecule has 0 amide bonds. The van der Waals surface area contributed by atoms with E-state index in [9.17, 15) is 44.6 Å². The second kappa shape index (κ2) is 6.52. The Morgan fingerprint density at radius 3 is 1.92 bits per heavy atom. The van der Waals surface area contributed by atoms with E-state index in [1.165, 1.54) is 6.92 Å². The zero-order valence-corrected chi connectivity index (χ0v) is 12.4. The van der Waals surface area contributed by atoms with Gasteiger partial charge in [0, 0.05) is 6.61 Å². The molecule has 1 rings (SSSR count). The van der Waals surface area contributed by atoms with Crippen LogP contribution in [-0.4, -0.2) is 54.2 Å². The van der Waals surface area contributed by atoms with Crippen molar-refractivity contribution in [3.63, 3.8) is 0 Å². The van der Waals surface area contributed by atoms with Gasteiger partial charge in [0.25, 0.3) is 0 Å². The van der Waals surface area contributed by atoms with Crippen LogP contribution in [0.4, 0.5) is 39.5 Å². The van der Waals surface area contributed by atoms with Gasteiger partial charge in [-0.1, -0.05) is 0 Å². The zero-order valence-electron chi connectivity index (χ0n) is 12.4. The lowest BCUT2D eigenvalue weighted by molar-refractivity contribution is -0.413. The Morgan fingerprint density at radius 2 is 1.50 bits per heavy atom. The summed E-state index contributed by atoms with van der Waals surface area (Å²) in [6.45, 7) is 2.23. The van der Waals surface area contributed by atoms with Crippen LogP contribution < -0.4 is 0 Å². The van der Waals surface area contributed by atoms with Crippen molar-refractivity contribution < 1.29 is 54.1 Å². The van der Waals surface area contributed by atoms with Crippen molar-refractivity contribution in [1.29, 1.82) is 0 Å². The van der Waals surface area contributed by atoms with Crippen LogP contribution in [0.15, 0.2) is 0 Å². The third-order valence-corrected chi connectivity index (χ3v) is 3.61. The summed E-state index contributed by atoms with van der Waals surface area (Å²) in [5.41, 5.74) is 0. The maximum Gasteiger partial charge on any atom is 0.460 e. The Hall–Kier alpha value is -0.750. The molecule has 1 aliphatic rings. The van der Waals surface area contributed by atoms with E-state index < -0.39 is 54.8 Å². The van der Waals surface area contributed by atoms with E-state index >= 15 is 0 Å². The van der Waals surface area contributed by atoms with Crippen LogP contribution in [-0.2, 0) is 9.47 Å². The zero-order chi connectivity index (χ0) is 19.1. The number of ether oxygens (including phenoxy) is 2. The predicted octanol–water partition coefficient (Wildman–Crippen LogP) is 3.60. The predicted molar refractivity (Wildman–Crippen MR) is 61.0 cm³/mol. The first-order valence-electron chi connectivity index (χ1n) is 6.76. The van der Waals surface area contributed by atoms with Gasteiger partial charge in [-0.15, -0.1) is 0 Å². The van der Waals surface area contributed by atoms with Gasteiger partial charge in [0.1, 0.15) is 6.10 Å². The molecule has 0 bridgehead atoms. The molecule has 0 radical (unpaired) electrons. The Balaban J connectivity index is 3.25. The lowest BCUT2D eigenvalue weighted by atomic mass is 9.82. The SMILES string of the molecule is CCO[C@@H]1O[C@H](C)C[C@H](C(F)(F)C(F)(F)C(F)(F)C(F)(F)F)[C@@H]1O. The number of hydrogen-bond acceptors (Lipinski definition) is 3. The number of alkyl halides is 9. The summed E-state index contributed by atoms with van der Waals surface area (Å²) in [4.78, 5) is 0. The highest BCUT2D eigenvalue weighted by Crippen LogP contribution is 2.57. The van der Waals surface area contributed by atoms with Crippen molar-refractivity contribution in [2.75, 3.05) is 6.61 Å². The topological polar surface area (TPSA) is 38.7 Å². The normalized spacial score (nSPS) is 30.5. The fourth-order valence-electron chi connectivity index (χ4n) is 2.34. The van der Waals surface area contributed by atoms with Crippen molar-refractivity contribution in [2.45, 2.75) is 62.7 Å². The van der Waals surface area contributed by atoms with Crippen LogP contribution in [0, 0.1) is 5.92 Å². The summed E-state index contributed by atoms with van der Waals surface area (Å²) in [6, 6.07) is 0. The standard InChI is InChI=1S/C12H15F9O3/c1-3-23-8-7(22)6(4-5(2)24-8)9(13,14)10(15,16)11(17,18)12(19,20)21/h5-8,22H,3-4H2,1-2H3/t5-,6+,7+,8-/m1/s1. The molecule has 0 unspecified atom stereocenters. The molecule has 4 atom stereocenters. The number of halogens is 9. The highest BCUT2D eigenvalue weighted by molar-refractivity contribution is 5.05. The fraction of sp³-hybridized carbons (Fsp3) is 1.00. The van der Waals surface area contributed by atoms with Gasteiger partial charge in [0.2, 0.25) is 0 Å². The third kappa shape index (κ3) is 3.32. The lowest BCUT2D eigenvalue weighted by Crippen LogP contribution is -2.66. The van der Waals surface area contributed by atoms with Crippen LogP contribution in [0.2, 0.25) is 0 Å². The van der Waals surface area contributed by atoms with Gasteiger partial charge in [-0.25, -0.2) is 0 Å². The van der Waals surface area contributed by atoms with Crippen molar-refractivity contribution in [3.8, 4) is 0 Å². The van der Waals surface area contributed by atoms with Gasteiger partial charge in [-0.3, -0.25) is 0 Å². The number of hydrogen-bond donors (Lipinski definition) is 1. The Labute approximate surface area is 130 Å². The van der Waals surface area contributed by atoms with E-state index in [-0.39, 0.29) is 6.61 Å². The van der Waals surface area contributed by atoms with Crippen molar-refractivity contribution in [2.24, 2.45) is 5.92 Å². The summed E-state index contributed by atoms with van der Waals surface area (Å²) in [5, 5.41) is 9.66. The molecule has 0 spiro atoms. The molecule has 12 heteroatoms. The highest BCUT2D eigenvalue weighted by Gasteiger charge is 2.83. The molecule has 1 aliphatic heterocycles. The van der Waals surface area contributed by atoms with Gasteiger partial charge in [0.15, 0.2) is 6.29 Å². The molecule has 0 aromatic carbocycles. The van der Waals surface area contributed by atoms with Gasteiger partial charge >= 0.3 is 23.9 Å². The second-order valence-corrected chi connectivity index (χ2v) is 5.37. The molecule has 24 heavy (non-hydrogen) atoms. The monoisotopic (exact) mass is 378 g/mol. The van der Waals surface area contributed by atoms with Crippen molar-refractivity contribution >= 4 is 0 Å². The Morgan fingerprint density at radius 1 is 1.00 bits per heavy atom. The van der Waals surface area contributed by atoms with E-state index in [2.05, 4.69) is 0 Å². The minimum Gasteiger partial charge on any atom is -0.387 e. The van der Waals surface area contributed by atoms with Gasteiger partial charge in [-0.2, -0.15) is 39.5 Å². The van der Waals surface area contributed by atoms with Crippen LogP contribution in [0.5, 0.6) is 0 Å². The molecular formula is C12H15F9O3. The maximum absolute atomic E-state index is 13.9. The van der Waals surface area contributed by atoms with E-state index in [0.717, 1.165) is 6.92 Å². The molecule has 144 valence electrons. The van der Waals surface area contributed by atoms with Gasteiger partial charge in [0.05, 0.1) is 12.0 Å². The first-order valence-corrected chi connectivity index (χ1v) is 6.76. The third-order valence-electron chi connectivity index (χ3n) is 3.61. The summed E-state index contributed by atoms with van der Waals surface area (Å²) >= 11 is 0. The fourth-order valence-corrected chi connectivity index (χ4v) is 2.34. The Bertz CT molecular complexity index is 438. The quantitative estimate of drug-likeness (QED) is 0.743. The van der Waals surface area contributed by atoms with Crippen LogP contribution in [0.3, 0.4) is 0 Å². The maximum atomic E-state index is 13.9. The summed E-state index contributed by atoms with van der Waals surface area (Å²) in [7, 11) is 0. The largest absolute Gasteiger partial charge is 0.460 e.